The van der Waals surface area contributed by atoms with Crippen LogP contribution in [0.4, 0.5) is 0 Å². The van der Waals surface area contributed by atoms with Gasteiger partial charge in [-0.2, -0.15) is 0 Å². The van der Waals surface area contributed by atoms with Crippen LogP contribution in [0.25, 0.3) is 0 Å². The maximum Gasteiger partial charge on any atom is 0.165 e. The molecule has 1 fully saturated rings. The van der Waals surface area contributed by atoms with Gasteiger partial charge in [-0.1, -0.05) is 12.1 Å². The molecule has 1 aromatic rings. The van der Waals surface area contributed by atoms with Gasteiger partial charge in [0.25, 0.3) is 0 Å². The maximum absolute atomic E-state index is 9.69. The van der Waals surface area contributed by atoms with Gasteiger partial charge in [-0.15, -0.1) is 0 Å². The molecule has 0 bridgehead atoms. The molecule has 0 spiro atoms. The highest BCUT2D eigenvalue weighted by atomic mass is 16.5. The van der Waals surface area contributed by atoms with Crippen molar-refractivity contribution in [2.75, 3.05) is 33.9 Å². The summed E-state index contributed by atoms with van der Waals surface area (Å²) >= 11 is 0. The molecule has 18 heavy (non-hydrogen) atoms. The Hall–Kier alpha value is -1.26. The minimum Gasteiger partial charge on any atom is -0.493 e. The lowest BCUT2D eigenvalue weighted by Gasteiger charge is -2.27. The van der Waals surface area contributed by atoms with Gasteiger partial charge in [-0.3, -0.25) is 4.90 Å². The fraction of sp³-hybridized carbons (Fsp3) is 0.571. The highest BCUT2D eigenvalue weighted by molar-refractivity contribution is 5.48. The van der Waals surface area contributed by atoms with Crippen LogP contribution in [-0.2, 0) is 0 Å². The van der Waals surface area contributed by atoms with Crippen LogP contribution in [0.15, 0.2) is 18.2 Å². The second-order valence-electron chi connectivity index (χ2n) is 4.52. The first kappa shape index (κ1) is 13.2. The molecule has 1 N–H and O–H groups in total. The van der Waals surface area contributed by atoms with Gasteiger partial charge in [0.15, 0.2) is 11.5 Å². The topological polar surface area (TPSA) is 41.9 Å². The zero-order valence-electron chi connectivity index (χ0n) is 11.1. The molecule has 1 saturated heterocycles. The Balaban J connectivity index is 2.34. The van der Waals surface area contributed by atoms with Gasteiger partial charge in [-0.05, 0) is 32.0 Å². The summed E-state index contributed by atoms with van der Waals surface area (Å²) in [6.45, 7) is 2.17. The number of ether oxygens (including phenoxy) is 2. The van der Waals surface area contributed by atoms with Crippen molar-refractivity contribution in [2.45, 2.75) is 18.9 Å². The summed E-state index contributed by atoms with van der Waals surface area (Å²) in [5, 5.41) is 9.69. The first-order valence-electron chi connectivity index (χ1n) is 6.37. The monoisotopic (exact) mass is 251 g/mol. The van der Waals surface area contributed by atoms with Crippen molar-refractivity contribution >= 4 is 0 Å². The number of benzene rings is 1. The van der Waals surface area contributed by atoms with E-state index >= 15 is 0 Å². The minimum atomic E-state index is -0.00227. The number of para-hydroxylation sites is 1. The molecular formula is C14H21NO3. The summed E-state index contributed by atoms with van der Waals surface area (Å²) < 4.78 is 10.8. The molecule has 0 radical (unpaired) electrons. The molecule has 4 heteroatoms. The van der Waals surface area contributed by atoms with E-state index in [0.717, 1.165) is 24.4 Å². The zero-order chi connectivity index (χ0) is 13.0. The van der Waals surface area contributed by atoms with Crippen molar-refractivity contribution in [1.82, 2.24) is 4.90 Å². The smallest absolute Gasteiger partial charge is 0.165 e. The van der Waals surface area contributed by atoms with Crippen LogP contribution in [-0.4, -0.2) is 43.9 Å². The molecule has 1 atom stereocenters. The van der Waals surface area contributed by atoms with Crippen molar-refractivity contribution in [2.24, 2.45) is 0 Å². The van der Waals surface area contributed by atoms with E-state index in [0.29, 0.717) is 5.75 Å². The lowest BCUT2D eigenvalue weighted by atomic mass is 10.0. The van der Waals surface area contributed by atoms with E-state index in [9.17, 15) is 5.11 Å². The summed E-state index contributed by atoms with van der Waals surface area (Å²) in [5.74, 6) is 1.44. The Morgan fingerprint density at radius 2 is 1.94 bits per heavy atom. The lowest BCUT2D eigenvalue weighted by molar-refractivity contribution is 0.144. The first-order valence-corrected chi connectivity index (χ1v) is 6.37. The average Bonchev–Trinajstić information content (AvgIpc) is 2.93. The van der Waals surface area contributed by atoms with Gasteiger partial charge >= 0.3 is 0 Å². The van der Waals surface area contributed by atoms with Crippen molar-refractivity contribution in [1.29, 1.82) is 0 Å². The predicted octanol–water partition coefficient (Wildman–Crippen LogP) is 1.83. The van der Waals surface area contributed by atoms with Crippen LogP contribution in [0.1, 0.15) is 24.4 Å². The second kappa shape index (κ2) is 6.07. The highest BCUT2D eigenvalue weighted by Crippen LogP contribution is 2.37. The molecule has 100 valence electrons. The summed E-state index contributed by atoms with van der Waals surface area (Å²) in [6.07, 6.45) is 2.39. The molecule has 1 aromatic carbocycles. The minimum absolute atomic E-state index is 0.00227. The van der Waals surface area contributed by atoms with Crippen molar-refractivity contribution < 1.29 is 14.6 Å². The van der Waals surface area contributed by atoms with Gasteiger partial charge in [0.1, 0.15) is 0 Å². The van der Waals surface area contributed by atoms with Gasteiger partial charge in [0.05, 0.1) is 26.9 Å². The molecule has 0 saturated carbocycles. The Bertz CT molecular complexity index is 389. The molecule has 1 aliphatic heterocycles. The number of likely N-dealkylation sites (tertiary alicyclic amines) is 1. The largest absolute Gasteiger partial charge is 0.493 e. The van der Waals surface area contributed by atoms with Crippen LogP contribution < -0.4 is 9.47 Å². The summed E-state index contributed by atoms with van der Waals surface area (Å²) in [6, 6.07) is 5.81. The lowest BCUT2D eigenvalue weighted by Crippen LogP contribution is -2.28. The standard InChI is InChI=1S/C14H21NO3/c1-17-13-7-5-6-11(14(13)18-2)12(10-16)15-8-3-4-9-15/h5-7,12,16H,3-4,8-10H2,1-2H3. The van der Waals surface area contributed by atoms with E-state index in [1.54, 1.807) is 14.2 Å². The molecule has 0 aromatic heterocycles. The van der Waals surface area contributed by atoms with E-state index in [4.69, 9.17) is 9.47 Å². The number of methoxy groups -OCH3 is 2. The molecule has 0 amide bonds. The summed E-state index contributed by atoms with van der Waals surface area (Å²) in [4.78, 5) is 2.30. The van der Waals surface area contributed by atoms with E-state index in [2.05, 4.69) is 4.90 Å². The van der Waals surface area contributed by atoms with E-state index in [1.807, 2.05) is 18.2 Å². The Morgan fingerprint density at radius 1 is 1.22 bits per heavy atom. The van der Waals surface area contributed by atoms with Gasteiger partial charge in [-0.25, -0.2) is 0 Å². The third-order valence-electron chi connectivity index (χ3n) is 3.55. The predicted molar refractivity (Wildman–Crippen MR) is 70.2 cm³/mol. The zero-order valence-corrected chi connectivity index (χ0v) is 11.1. The number of nitrogens with zero attached hydrogens (tertiary/aromatic N) is 1. The number of aliphatic hydroxyl groups is 1. The highest BCUT2D eigenvalue weighted by Gasteiger charge is 2.26. The van der Waals surface area contributed by atoms with Crippen LogP contribution >= 0.6 is 0 Å². The molecule has 0 aliphatic carbocycles. The number of hydrogen-bond donors (Lipinski definition) is 1. The number of rotatable bonds is 5. The Morgan fingerprint density at radius 3 is 2.50 bits per heavy atom. The van der Waals surface area contributed by atoms with E-state index in [-0.39, 0.29) is 12.6 Å². The summed E-state index contributed by atoms with van der Waals surface area (Å²) in [5.41, 5.74) is 1.00. The molecule has 1 aliphatic rings. The molecule has 1 unspecified atom stereocenters. The molecule has 2 rings (SSSR count). The van der Waals surface area contributed by atoms with Gasteiger partial charge in [0.2, 0.25) is 0 Å². The Labute approximate surface area is 108 Å². The Kier molecular flexibility index (Phi) is 4.44. The second-order valence-corrected chi connectivity index (χ2v) is 4.52. The fourth-order valence-corrected chi connectivity index (χ4v) is 2.64. The van der Waals surface area contributed by atoms with Gasteiger partial charge < -0.3 is 14.6 Å². The quantitative estimate of drug-likeness (QED) is 0.867. The number of hydrogen-bond acceptors (Lipinski definition) is 4. The number of aliphatic hydroxyl groups excluding tert-OH is 1. The van der Waals surface area contributed by atoms with Crippen LogP contribution in [0.5, 0.6) is 11.5 Å². The van der Waals surface area contributed by atoms with Crippen molar-refractivity contribution in [3.63, 3.8) is 0 Å². The van der Waals surface area contributed by atoms with Crippen LogP contribution in [0.2, 0.25) is 0 Å². The van der Waals surface area contributed by atoms with Gasteiger partial charge in [0, 0.05) is 5.56 Å². The first-order chi connectivity index (χ1) is 8.81. The molecule has 4 nitrogen and oxygen atoms in total. The summed E-state index contributed by atoms with van der Waals surface area (Å²) in [7, 11) is 3.27. The van der Waals surface area contributed by atoms with E-state index in [1.165, 1.54) is 12.8 Å². The third-order valence-corrected chi connectivity index (χ3v) is 3.55. The van der Waals surface area contributed by atoms with Crippen molar-refractivity contribution in [3.05, 3.63) is 23.8 Å². The molecule has 1 heterocycles. The van der Waals surface area contributed by atoms with Crippen molar-refractivity contribution in [3.8, 4) is 11.5 Å². The van der Waals surface area contributed by atoms with E-state index < -0.39 is 0 Å². The third kappa shape index (κ3) is 2.44. The average molecular weight is 251 g/mol. The van der Waals surface area contributed by atoms with Crippen LogP contribution in [0.3, 0.4) is 0 Å². The normalized spacial score (nSPS) is 17.7. The SMILES string of the molecule is COc1cccc(C(CO)N2CCCC2)c1OC. The molecular weight excluding hydrogens is 230 g/mol. The fourth-order valence-electron chi connectivity index (χ4n) is 2.64. The van der Waals surface area contributed by atoms with Crippen LogP contribution in [0, 0.1) is 0 Å². The maximum atomic E-state index is 9.69.